The third kappa shape index (κ3) is 5.69. The van der Waals surface area contributed by atoms with Gasteiger partial charge in [0.25, 0.3) is 0 Å². The van der Waals surface area contributed by atoms with Crippen molar-refractivity contribution in [1.82, 2.24) is 4.90 Å². The van der Waals surface area contributed by atoms with Gasteiger partial charge in [-0.3, -0.25) is 9.59 Å². The molecule has 1 amide bonds. The molecule has 2 unspecified atom stereocenters. The summed E-state index contributed by atoms with van der Waals surface area (Å²) in [7, 11) is 3.60. The molecule has 162 valence electrons. The van der Waals surface area contributed by atoms with Crippen LogP contribution in [-0.2, 0) is 16.0 Å². The van der Waals surface area contributed by atoms with Crippen molar-refractivity contribution in [3.05, 3.63) is 59.2 Å². The molecule has 2 aliphatic rings. The maximum Gasteiger partial charge on any atom is 0.222 e. The van der Waals surface area contributed by atoms with Crippen LogP contribution in [0, 0.1) is 24.7 Å². The Balaban J connectivity index is 1.49. The number of aliphatic hydroxyl groups is 1. The van der Waals surface area contributed by atoms with Gasteiger partial charge >= 0.3 is 0 Å². The number of carbonyl (C=O) groups is 2. The van der Waals surface area contributed by atoms with Gasteiger partial charge in [-0.05, 0) is 68.1 Å². The number of nitrogens with zero attached hydrogens (tertiary/aromatic N) is 1. The lowest BCUT2D eigenvalue weighted by Gasteiger charge is -2.18. The number of allylic oxidation sites excluding steroid dienone is 3. The van der Waals surface area contributed by atoms with Crippen molar-refractivity contribution < 1.29 is 14.7 Å². The molecule has 0 radical (unpaired) electrons. The van der Waals surface area contributed by atoms with Gasteiger partial charge in [-0.15, -0.1) is 0 Å². The lowest BCUT2D eigenvalue weighted by molar-refractivity contribution is -0.128. The van der Waals surface area contributed by atoms with Crippen LogP contribution in [0.5, 0.6) is 0 Å². The first kappa shape index (κ1) is 22.5. The second-order valence-electron chi connectivity index (χ2n) is 9.16. The van der Waals surface area contributed by atoms with Crippen molar-refractivity contribution in [1.29, 1.82) is 0 Å². The maximum atomic E-state index is 12.4. The van der Waals surface area contributed by atoms with E-state index in [-0.39, 0.29) is 23.7 Å². The van der Waals surface area contributed by atoms with Crippen molar-refractivity contribution in [2.45, 2.75) is 58.0 Å². The monoisotopic (exact) mass is 409 g/mol. The van der Waals surface area contributed by atoms with E-state index in [0.717, 1.165) is 43.2 Å². The Kier molecular flexibility index (Phi) is 7.65. The zero-order chi connectivity index (χ0) is 21.7. The first-order valence-corrected chi connectivity index (χ1v) is 11.2. The molecule has 1 saturated carbocycles. The molecule has 0 heterocycles. The Morgan fingerprint density at radius 2 is 1.97 bits per heavy atom. The van der Waals surface area contributed by atoms with Crippen LogP contribution in [0.3, 0.4) is 0 Å². The Labute approximate surface area is 180 Å². The quantitative estimate of drug-likeness (QED) is 0.377. The highest BCUT2D eigenvalue weighted by atomic mass is 16.3. The molecule has 1 N–H and O–H groups in total. The van der Waals surface area contributed by atoms with Gasteiger partial charge < -0.3 is 10.0 Å². The van der Waals surface area contributed by atoms with Gasteiger partial charge in [-0.25, -0.2) is 0 Å². The summed E-state index contributed by atoms with van der Waals surface area (Å²) in [6, 6.07) is 7.98. The Morgan fingerprint density at radius 1 is 1.20 bits per heavy atom. The summed E-state index contributed by atoms with van der Waals surface area (Å²) in [4.78, 5) is 25.8. The van der Waals surface area contributed by atoms with Crippen LogP contribution in [0.2, 0.25) is 0 Å². The molecule has 4 heteroatoms. The zero-order valence-corrected chi connectivity index (χ0v) is 18.5. The molecule has 1 aromatic rings. The molecule has 0 aromatic heterocycles. The summed E-state index contributed by atoms with van der Waals surface area (Å²) < 4.78 is 0. The van der Waals surface area contributed by atoms with E-state index in [9.17, 15) is 14.7 Å². The molecule has 0 spiro atoms. The van der Waals surface area contributed by atoms with Crippen LogP contribution in [0.25, 0.3) is 0 Å². The highest BCUT2D eigenvalue weighted by Gasteiger charge is 2.43. The van der Waals surface area contributed by atoms with E-state index in [1.165, 1.54) is 5.57 Å². The Hall–Kier alpha value is -2.20. The number of benzene rings is 1. The smallest absolute Gasteiger partial charge is 0.222 e. The fourth-order valence-electron chi connectivity index (χ4n) is 4.92. The summed E-state index contributed by atoms with van der Waals surface area (Å²) in [6.45, 7) is 2.03. The number of amides is 1. The minimum absolute atomic E-state index is 0.0555. The summed E-state index contributed by atoms with van der Waals surface area (Å²) in [5.74, 6) is 1.16. The number of ketones is 1. The lowest BCUT2D eigenvalue weighted by Crippen LogP contribution is -2.21. The van der Waals surface area contributed by atoms with Crippen LogP contribution in [0.15, 0.2) is 48.1 Å². The van der Waals surface area contributed by atoms with Crippen molar-refractivity contribution in [2.75, 3.05) is 14.1 Å². The third-order valence-corrected chi connectivity index (χ3v) is 6.72. The van der Waals surface area contributed by atoms with E-state index in [2.05, 4.69) is 6.08 Å². The molecular weight excluding hydrogens is 374 g/mol. The van der Waals surface area contributed by atoms with Gasteiger partial charge in [0.2, 0.25) is 5.91 Å². The van der Waals surface area contributed by atoms with Crippen LogP contribution in [-0.4, -0.2) is 41.9 Å². The number of fused-ring (bicyclic) bond motifs is 1. The number of carbonyl (C=O) groups excluding carboxylic acids is 2. The fourth-order valence-corrected chi connectivity index (χ4v) is 4.92. The normalized spacial score (nSPS) is 25.4. The SMILES string of the molecule is Cc1ccccc1CC(=O)/C=C/C1C2CC(CCCCC(=O)N(C)C)=C[C@H]2C[C@H]1O. The summed E-state index contributed by atoms with van der Waals surface area (Å²) >= 11 is 0. The third-order valence-electron chi connectivity index (χ3n) is 6.72. The molecule has 0 bridgehead atoms. The lowest BCUT2D eigenvalue weighted by atomic mass is 9.88. The number of unbranched alkanes of at least 4 members (excludes halogenated alkanes) is 1. The number of hydrogen-bond donors (Lipinski definition) is 1. The van der Waals surface area contributed by atoms with E-state index in [1.54, 1.807) is 25.1 Å². The van der Waals surface area contributed by atoms with E-state index in [0.29, 0.717) is 24.7 Å². The molecule has 4 nitrogen and oxygen atoms in total. The van der Waals surface area contributed by atoms with Gasteiger partial charge in [-0.1, -0.05) is 42.0 Å². The first-order valence-electron chi connectivity index (χ1n) is 11.2. The highest BCUT2D eigenvalue weighted by Crippen LogP contribution is 2.48. The summed E-state index contributed by atoms with van der Waals surface area (Å²) in [5, 5.41) is 10.5. The second-order valence-corrected chi connectivity index (χ2v) is 9.16. The van der Waals surface area contributed by atoms with E-state index < -0.39 is 0 Å². The van der Waals surface area contributed by atoms with Crippen molar-refractivity contribution in [2.24, 2.45) is 17.8 Å². The number of aliphatic hydroxyl groups excluding tert-OH is 1. The minimum Gasteiger partial charge on any atom is -0.392 e. The topological polar surface area (TPSA) is 57.6 Å². The Morgan fingerprint density at radius 3 is 2.70 bits per heavy atom. The standard InChI is InChI=1S/C26H35NO3/c1-18-8-4-6-10-20(18)16-22(28)12-13-23-24-15-19(14-21(24)17-25(23)29)9-5-7-11-26(30)27(2)3/h4,6,8,10,12-14,21,23-25,29H,5,7,9,11,15-17H2,1-3H3/b13-12+/t21-,23?,24?,25+/m0/s1. The molecule has 0 aliphatic heterocycles. The molecule has 1 fully saturated rings. The second kappa shape index (κ2) is 10.2. The molecular formula is C26H35NO3. The number of aryl methyl sites for hydroxylation is 1. The largest absolute Gasteiger partial charge is 0.392 e. The van der Waals surface area contributed by atoms with Gasteiger partial charge in [0, 0.05) is 32.9 Å². The highest BCUT2D eigenvalue weighted by molar-refractivity contribution is 5.91. The fraction of sp³-hybridized carbons (Fsp3) is 0.538. The van der Waals surface area contributed by atoms with E-state index in [1.807, 2.05) is 37.3 Å². The molecule has 2 aliphatic carbocycles. The number of rotatable bonds is 9. The molecule has 4 atom stereocenters. The van der Waals surface area contributed by atoms with Crippen molar-refractivity contribution in [3.8, 4) is 0 Å². The zero-order valence-electron chi connectivity index (χ0n) is 18.5. The molecule has 3 rings (SSSR count). The first-order chi connectivity index (χ1) is 14.3. The maximum absolute atomic E-state index is 12.4. The average molecular weight is 410 g/mol. The van der Waals surface area contributed by atoms with Gasteiger partial charge in [0.05, 0.1) is 6.10 Å². The molecule has 1 aromatic carbocycles. The van der Waals surface area contributed by atoms with E-state index in [4.69, 9.17) is 0 Å². The van der Waals surface area contributed by atoms with Crippen LogP contribution >= 0.6 is 0 Å². The van der Waals surface area contributed by atoms with Gasteiger partial charge in [-0.2, -0.15) is 0 Å². The van der Waals surface area contributed by atoms with Crippen molar-refractivity contribution >= 4 is 11.7 Å². The molecule has 30 heavy (non-hydrogen) atoms. The predicted molar refractivity (Wildman–Crippen MR) is 120 cm³/mol. The summed E-state index contributed by atoms with van der Waals surface area (Å²) in [5.41, 5.74) is 3.66. The predicted octanol–water partition coefficient (Wildman–Crippen LogP) is 4.25. The average Bonchev–Trinajstić information content (AvgIpc) is 3.21. The van der Waals surface area contributed by atoms with Crippen molar-refractivity contribution in [3.63, 3.8) is 0 Å². The number of hydrogen-bond acceptors (Lipinski definition) is 3. The summed E-state index contributed by atoms with van der Waals surface area (Å²) in [6.07, 6.45) is 11.4. The van der Waals surface area contributed by atoms with Crippen LogP contribution in [0.1, 0.15) is 49.7 Å². The van der Waals surface area contributed by atoms with E-state index >= 15 is 0 Å². The minimum atomic E-state index is -0.363. The molecule has 0 saturated heterocycles. The Bertz CT molecular complexity index is 823. The van der Waals surface area contributed by atoms with Crippen LogP contribution < -0.4 is 0 Å². The van der Waals surface area contributed by atoms with Crippen LogP contribution in [0.4, 0.5) is 0 Å². The van der Waals surface area contributed by atoms with Gasteiger partial charge in [0.15, 0.2) is 5.78 Å². The van der Waals surface area contributed by atoms with Gasteiger partial charge in [0.1, 0.15) is 0 Å².